The molecule has 0 aliphatic heterocycles. The zero-order valence-corrected chi connectivity index (χ0v) is 10.9. The van der Waals surface area contributed by atoms with E-state index in [1.807, 2.05) is 0 Å². The van der Waals surface area contributed by atoms with Crippen LogP contribution in [0.1, 0.15) is 19.4 Å². The van der Waals surface area contributed by atoms with Crippen molar-refractivity contribution in [1.82, 2.24) is 10.3 Å². The second-order valence-corrected chi connectivity index (χ2v) is 3.73. The number of rotatable bonds is 4. The van der Waals surface area contributed by atoms with Crippen molar-refractivity contribution in [3.8, 4) is 0 Å². The Morgan fingerprint density at radius 3 is 2.37 bits per heavy atom. The third kappa shape index (κ3) is 4.50. The van der Waals surface area contributed by atoms with Crippen molar-refractivity contribution in [2.45, 2.75) is 13.8 Å². The van der Waals surface area contributed by atoms with Crippen molar-refractivity contribution < 1.29 is 14.0 Å². The maximum atomic E-state index is 12.6. The zero-order chi connectivity index (χ0) is 14.3. The second-order valence-electron chi connectivity index (χ2n) is 3.73. The molecule has 0 bridgehead atoms. The Labute approximate surface area is 111 Å². The molecule has 0 aliphatic carbocycles. The van der Waals surface area contributed by atoms with E-state index in [0.717, 1.165) is 0 Å². The summed E-state index contributed by atoms with van der Waals surface area (Å²) in [5.41, 5.74) is 2.76. The first-order valence-corrected chi connectivity index (χ1v) is 5.96. The van der Waals surface area contributed by atoms with Gasteiger partial charge in [0, 0.05) is 13.1 Å². The number of amides is 2. The minimum Gasteiger partial charge on any atom is -0.335 e. The van der Waals surface area contributed by atoms with Crippen molar-refractivity contribution in [3.63, 3.8) is 0 Å². The fourth-order valence-electron chi connectivity index (χ4n) is 1.42. The SMILES string of the molecule is CCN(CC)C(=O)C(=O)NN=Cc1ccc(F)cc1. The third-order valence-electron chi connectivity index (χ3n) is 2.49. The number of halogens is 1. The Bertz CT molecular complexity index is 467. The predicted octanol–water partition coefficient (Wildman–Crippen LogP) is 1.14. The van der Waals surface area contributed by atoms with Crippen LogP contribution in [-0.2, 0) is 9.59 Å². The van der Waals surface area contributed by atoms with Gasteiger partial charge in [0.15, 0.2) is 0 Å². The molecular weight excluding hydrogens is 249 g/mol. The summed E-state index contributed by atoms with van der Waals surface area (Å²) in [7, 11) is 0. The highest BCUT2D eigenvalue weighted by atomic mass is 19.1. The monoisotopic (exact) mass is 265 g/mol. The van der Waals surface area contributed by atoms with Gasteiger partial charge in [-0.3, -0.25) is 9.59 Å². The van der Waals surface area contributed by atoms with Gasteiger partial charge in [-0.1, -0.05) is 12.1 Å². The topological polar surface area (TPSA) is 61.8 Å². The van der Waals surface area contributed by atoms with E-state index in [4.69, 9.17) is 0 Å². The van der Waals surface area contributed by atoms with E-state index < -0.39 is 11.8 Å². The number of benzene rings is 1. The second kappa shape index (κ2) is 7.25. The molecule has 102 valence electrons. The maximum absolute atomic E-state index is 12.6. The molecule has 2 amide bonds. The number of likely N-dealkylation sites (N-methyl/N-ethyl adjacent to an activating group) is 1. The van der Waals surface area contributed by atoms with Gasteiger partial charge in [-0.15, -0.1) is 0 Å². The molecule has 0 heterocycles. The molecule has 0 radical (unpaired) electrons. The highest BCUT2D eigenvalue weighted by Crippen LogP contribution is 1.99. The summed E-state index contributed by atoms with van der Waals surface area (Å²) < 4.78 is 12.6. The molecule has 1 N–H and O–H groups in total. The van der Waals surface area contributed by atoms with Gasteiger partial charge in [-0.25, -0.2) is 9.82 Å². The molecule has 19 heavy (non-hydrogen) atoms. The molecule has 0 atom stereocenters. The average molecular weight is 265 g/mol. The van der Waals surface area contributed by atoms with Gasteiger partial charge in [-0.05, 0) is 31.5 Å². The molecule has 0 fully saturated rings. The van der Waals surface area contributed by atoms with Crippen LogP contribution >= 0.6 is 0 Å². The molecule has 0 spiro atoms. The summed E-state index contributed by atoms with van der Waals surface area (Å²) in [4.78, 5) is 24.4. The van der Waals surface area contributed by atoms with Crippen LogP contribution in [0, 0.1) is 5.82 Å². The smallest absolute Gasteiger partial charge is 0.329 e. The minimum atomic E-state index is -0.790. The molecule has 1 rings (SSSR count). The Kier molecular flexibility index (Phi) is 5.66. The van der Waals surface area contributed by atoms with Crippen LogP contribution in [-0.4, -0.2) is 36.0 Å². The van der Waals surface area contributed by atoms with Gasteiger partial charge in [0.25, 0.3) is 0 Å². The van der Waals surface area contributed by atoms with Gasteiger partial charge < -0.3 is 4.90 Å². The molecule has 0 saturated carbocycles. The molecule has 0 saturated heterocycles. The van der Waals surface area contributed by atoms with Crippen molar-refractivity contribution in [2.75, 3.05) is 13.1 Å². The Hall–Kier alpha value is -2.24. The summed E-state index contributed by atoms with van der Waals surface area (Å²) in [5.74, 6) is -1.76. The molecule has 0 aliphatic rings. The lowest BCUT2D eigenvalue weighted by Gasteiger charge is -2.16. The number of carbonyl (C=O) groups is 2. The maximum Gasteiger partial charge on any atom is 0.329 e. The van der Waals surface area contributed by atoms with E-state index >= 15 is 0 Å². The van der Waals surface area contributed by atoms with Gasteiger partial charge in [0.05, 0.1) is 6.21 Å². The normalized spacial score (nSPS) is 10.5. The van der Waals surface area contributed by atoms with E-state index in [2.05, 4.69) is 10.5 Å². The average Bonchev–Trinajstić information content (AvgIpc) is 2.42. The van der Waals surface area contributed by atoms with Crippen LogP contribution < -0.4 is 5.43 Å². The quantitative estimate of drug-likeness (QED) is 0.504. The molecule has 5 nitrogen and oxygen atoms in total. The third-order valence-corrected chi connectivity index (χ3v) is 2.49. The van der Waals surface area contributed by atoms with Crippen LogP contribution in [0.25, 0.3) is 0 Å². The lowest BCUT2D eigenvalue weighted by atomic mass is 10.2. The van der Waals surface area contributed by atoms with E-state index in [9.17, 15) is 14.0 Å². The number of nitrogens with zero attached hydrogens (tertiary/aromatic N) is 2. The lowest BCUT2D eigenvalue weighted by molar-refractivity contribution is -0.145. The van der Waals surface area contributed by atoms with Gasteiger partial charge in [0.2, 0.25) is 0 Å². The van der Waals surface area contributed by atoms with Crippen LogP contribution in [0.5, 0.6) is 0 Å². The van der Waals surface area contributed by atoms with Crippen LogP contribution in [0.3, 0.4) is 0 Å². The van der Waals surface area contributed by atoms with E-state index in [0.29, 0.717) is 18.7 Å². The number of hydrogen-bond acceptors (Lipinski definition) is 3. The van der Waals surface area contributed by atoms with Crippen LogP contribution in [0.15, 0.2) is 29.4 Å². The van der Waals surface area contributed by atoms with Crippen LogP contribution in [0.2, 0.25) is 0 Å². The van der Waals surface area contributed by atoms with Gasteiger partial charge >= 0.3 is 11.8 Å². The van der Waals surface area contributed by atoms with Crippen molar-refractivity contribution in [1.29, 1.82) is 0 Å². The summed E-state index contributed by atoms with van der Waals surface area (Å²) in [5, 5.41) is 3.65. The first-order chi connectivity index (χ1) is 9.08. The molecule has 1 aromatic rings. The number of hydrazone groups is 1. The van der Waals surface area contributed by atoms with Crippen molar-refractivity contribution >= 4 is 18.0 Å². The van der Waals surface area contributed by atoms with Gasteiger partial charge in [0.1, 0.15) is 5.82 Å². The van der Waals surface area contributed by atoms with Crippen LogP contribution in [0.4, 0.5) is 4.39 Å². The largest absolute Gasteiger partial charge is 0.335 e. The minimum absolute atomic E-state index is 0.349. The highest BCUT2D eigenvalue weighted by Gasteiger charge is 2.18. The lowest BCUT2D eigenvalue weighted by Crippen LogP contribution is -2.41. The number of nitrogens with one attached hydrogen (secondary N) is 1. The molecule has 6 heteroatoms. The Balaban J connectivity index is 2.54. The van der Waals surface area contributed by atoms with E-state index in [-0.39, 0.29) is 5.82 Å². The summed E-state index contributed by atoms with van der Waals surface area (Å²) in [6.45, 7) is 4.50. The Morgan fingerprint density at radius 2 is 1.84 bits per heavy atom. The summed E-state index contributed by atoms with van der Waals surface area (Å²) >= 11 is 0. The number of carbonyl (C=O) groups excluding carboxylic acids is 2. The van der Waals surface area contributed by atoms with E-state index in [1.54, 1.807) is 13.8 Å². The first-order valence-electron chi connectivity index (χ1n) is 5.96. The summed E-state index contributed by atoms with van der Waals surface area (Å²) in [6, 6.07) is 5.59. The fraction of sp³-hybridized carbons (Fsp3) is 0.308. The molecule has 0 unspecified atom stereocenters. The zero-order valence-electron chi connectivity index (χ0n) is 10.9. The van der Waals surface area contributed by atoms with E-state index in [1.165, 1.54) is 35.4 Å². The molecule has 1 aromatic carbocycles. The molecule has 0 aromatic heterocycles. The van der Waals surface area contributed by atoms with Crippen molar-refractivity contribution in [2.24, 2.45) is 5.10 Å². The van der Waals surface area contributed by atoms with Gasteiger partial charge in [-0.2, -0.15) is 5.10 Å². The summed E-state index contributed by atoms with van der Waals surface area (Å²) in [6.07, 6.45) is 1.34. The fourth-order valence-corrected chi connectivity index (χ4v) is 1.42. The number of hydrogen-bond donors (Lipinski definition) is 1. The Morgan fingerprint density at radius 1 is 1.26 bits per heavy atom. The standard InChI is InChI=1S/C13H16FN3O2/c1-3-17(4-2)13(19)12(18)16-15-9-10-5-7-11(14)8-6-10/h5-9H,3-4H2,1-2H3,(H,16,18). The van der Waals surface area contributed by atoms with Crippen molar-refractivity contribution in [3.05, 3.63) is 35.6 Å². The highest BCUT2D eigenvalue weighted by molar-refractivity contribution is 6.34. The predicted molar refractivity (Wildman–Crippen MR) is 70.1 cm³/mol. The molecular formula is C13H16FN3O2. The first kappa shape index (κ1) is 14.8.